The number of hydrogen-bond acceptors (Lipinski definition) is 1. The average Bonchev–Trinajstić information content (AvgIpc) is 2.58. The first-order chi connectivity index (χ1) is 6.29. The van der Waals surface area contributed by atoms with Gasteiger partial charge in [-0.25, -0.2) is 0 Å². The van der Waals surface area contributed by atoms with Gasteiger partial charge in [0.1, 0.15) is 0 Å². The van der Waals surface area contributed by atoms with Crippen LogP contribution in [0.3, 0.4) is 0 Å². The molecular weight excluding hydrogens is 164 g/mol. The highest BCUT2D eigenvalue weighted by Gasteiger charge is 2.49. The topological polar surface area (TPSA) is 37.3 Å². The molecule has 0 amide bonds. The smallest absolute Gasteiger partial charge is 0.303 e. The van der Waals surface area contributed by atoms with Crippen LogP contribution in [0.5, 0.6) is 0 Å². The highest BCUT2D eigenvalue weighted by atomic mass is 16.4. The number of carboxylic acids is 1. The molecule has 0 heterocycles. The van der Waals surface area contributed by atoms with Gasteiger partial charge in [0.05, 0.1) is 0 Å². The Bertz CT molecular complexity index is 216. The van der Waals surface area contributed by atoms with Crippen LogP contribution < -0.4 is 0 Å². The van der Waals surface area contributed by atoms with Gasteiger partial charge in [-0.3, -0.25) is 4.79 Å². The van der Waals surface area contributed by atoms with Gasteiger partial charge in [-0.15, -0.1) is 0 Å². The molecule has 0 saturated heterocycles. The summed E-state index contributed by atoms with van der Waals surface area (Å²) in [5, 5.41) is 8.70. The molecule has 0 spiro atoms. The van der Waals surface area contributed by atoms with E-state index in [-0.39, 0.29) is 0 Å². The summed E-state index contributed by atoms with van der Waals surface area (Å²) in [6, 6.07) is 0. The van der Waals surface area contributed by atoms with Gasteiger partial charge >= 0.3 is 5.97 Å². The summed E-state index contributed by atoms with van der Waals surface area (Å²) in [6.45, 7) is 0. The fourth-order valence-corrected chi connectivity index (χ4v) is 2.70. The molecule has 1 saturated carbocycles. The Morgan fingerprint density at radius 3 is 2.23 bits per heavy atom. The molecule has 2 aliphatic carbocycles. The second-order valence-electron chi connectivity index (χ2n) is 4.22. The van der Waals surface area contributed by atoms with Crippen molar-refractivity contribution < 1.29 is 9.90 Å². The lowest BCUT2D eigenvalue weighted by molar-refractivity contribution is -0.137. The third kappa shape index (κ3) is 1.93. The van der Waals surface area contributed by atoms with E-state index in [1.165, 1.54) is 12.8 Å². The van der Waals surface area contributed by atoms with Gasteiger partial charge in [0.15, 0.2) is 0 Å². The minimum absolute atomic E-state index is 0.398. The van der Waals surface area contributed by atoms with Crippen molar-refractivity contribution in [1.82, 2.24) is 0 Å². The third-order valence-electron chi connectivity index (χ3n) is 3.42. The van der Waals surface area contributed by atoms with Crippen molar-refractivity contribution in [3.63, 3.8) is 0 Å². The molecular formula is C11H16O2. The Hall–Kier alpha value is -0.790. The van der Waals surface area contributed by atoms with Crippen molar-refractivity contribution in [3.8, 4) is 0 Å². The SMILES string of the molecule is O=C(O)CC1[C@H]2CC/C=C\CC[C@@H]12. The quantitative estimate of drug-likeness (QED) is 0.663. The maximum atomic E-state index is 10.5. The first-order valence-corrected chi connectivity index (χ1v) is 5.16. The van der Waals surface area contributed by atoms with E-state index in [1.54, 1.807) is 0 Å². The number of hydrogen-bond donors (Lipinski definition) is 1. The molecule has 0 aromatic carbocycles. The Kier molecular flexibility index (Phi) is 2.38. The lowest BCUT2D eigenvalue weighted by Crippen LogP contribution is -1.97. The first-order valence-electron chi connectivity index (χ1n) is 5.16. The van der Waals surface area contributed by atoms with E-state index in [4.69, 9.17) is 5.11 Å². The second kappa shape index (κ2) is 3.52. The number of fused-ring (bicyclic) bond motifs is 1. The van der Waals surface area contributed by atoms with Crippen LogP contribution in [0, 0.1) is 17.8 Å². The lowest BCUT2D eigenvalue weighted by Gasteiger charge is -1.99. The molecule has 1 fully saturated rings. The second-order valence-corrected chi connectivity index (χ2v) is 4.22. The minimum atomic E-state index is -0.621. The number of aliphatic carboxylic acids is 1. The molecule has 2 aliphatic rings. The number of allylic oxidation sites excluding steroid dienone is 2. The highest BCUT2D eigenvalue weighted by molar-refractivity contribution is 5.67. The molecule has 0 radical (unpaired) electrons. The number of carbonyl (C=O) groups is 1. The van der Waals surface area contributed by atoms with Crippen molar-refractivity contribution in [2.24, 2.45) is 17.8 Å². The summed E-state index contributed by atoms with van der Waals surface area (Å²) in [6.07, 6.45) is 9.60. The van der Waals surface area contributed by atoms with Crippen molar-refractivity contribution in [2.45, 2.75) is 32.1 Å². The van der Waals surface area contributed by atoms with Crippen LogP contribution in [0.1, 0.15) is 32.1 Å². The molecule has 0 aliphatic heterocycles. The molecule has 0 bridgehead atoms. The molecule has 13 heavy (non-hydrogen) atoms. The van der Waals surface area contributed by atoms with E-state index < -0.39 is 5.97 Å². The molecule has 0 aromatic rings. The predicted octanol–water partition coefficient (Wildman–Crippen LogP) is 2.45. The lowest BCUT2D eigenvalue weighted by atomic mass is 10.1. The van der Waals surface area contributed by atoms with Crippen LogP contribution in [-0.2, 0) is 4.79 Å². The average molecular weight is 180 g/mol. The van der Waals surface area contributed by atoms with Gasteiger partial charge in [-0.05, 0) is 43.4 Å². The monoisotopic (exact) mass is 180 g/mol. The van der Waals surface area contributed by atoms with Crippen LogP contribution in [0.25, 0.3) is 0 Å². The van der Waals surface area contributed by atoms with Crippen LogP contribution in [0.2, 0.25) is 0 Å². The van der Waals surface area contributed by atoms with Gasteiger partial charge in [-0.1, -0.05) is 12.2 Å². The van der Waals surface area contributed by atoms with Crippen LogP contribution in [0.15, 0.2) is 12.2 Å². The zero-order valence-corrected chi connectivity index (χ0v) is 7.78. The maximum Gasteiger partial charge on any atom is 0.303 e. The third-order valence-corrected chi connectivity index (χ3v) is 3.42. The molecule has 2 nitrogen and oxygen atoms in total. The maximum absolute atomic E-state index is 10.5. The van der Waals surface area contributed by atoms with Gasteiger partial charge in [-0.2, -0.15) is 0 Å². The highest BCUT2D eigenvalue weighted by Crippen LogP contribution is 2.54. The Balaban J connectivity index is 1.88. The van der Waals surface area contributed by atoms with Crippen molar-refractivity contribution in [2.75, 3.05) is 0 Å². The molecule has 0 aromatic heterocycles. The normalized spacial score (nSPS) is 39.8. The van der Waals surface area contributed by atoms with E-state index in [0.717, 1.165) is 24.7 Å². The van der Waals surface area contributed by atoms with Gasteiger partial charge in [0.2, 0.25) is 0 Å². The fourth-order valence-electron chi connectivity index (χ4n) is 2.70. The molecule has 3 atom stereocenters. The minimum Gasteiger partial charge on any atom is -0.481 e. The Morgan fingerprint density at radius 2 is 1.77 bits per heavy atom. The number of carboxylic acid groups (broad SMARTS) is 1. The van der Waals surface area contributed by atoms with E-state index in [1.807, 2.05) is 0 Å². The van der Waals surface area contributed by atoms with Crippen molar-refractivity contribution >= 4 is 5.97 Å². The fraction of sp³-hybridized carbons (Fsp3) is 0.727. The van der Waals surface area contributed by atoms with Crippen LogP contribution in [-0.4, -0.2) is 11.1 Å². The van der Waals surface area contributed by atoms with Gasteiger partial charge in [0, 0.05) is 6.42 Å². The first kappa shape index (κ1) is 8.79. The largest absolute Gasteiger partial charge is 0.481 e. The van der Waals surface area contributed by atoms with Gasteiger partial charge in [0.25, 0.3) is 0 Å². The van der Waals surface area contributed by atoms with E-state index in [9.17, 15) is 4.79 Å². The molecule has 2 heteroatoms. The predicted molar refractivity (Wildman–Crippen MR) is 50.3 cm³/mol. The van der Waals surface area contributed by atoms with Crippen molar-refractivity contribution in [1.29, 1.82) is 0 Å². The summed E-state index contributed by atoms with van der Waals surface area (Å²) in [7, 11) is 0. The summed E-state index contributed by atoms with van der Waals surface area (Å²) < 4.78 is 0. The standard InChI is InChI=1S/C11H16O2/c12-11(13)7-10-8-5-3-1-2-4-6-9(8)10/h1-2,8-10H,3-7H2,(H,12,13)/b2-1-/t8-,9+,10?. The zero-order valence-electron chi connectivity index (χ0n) is 7.78. The summed E-state index contributed by atoms with van der Waals surface area (Å²) in [4.78, 5) is 10.5. The Morgan fingerprint density at radius 1 is 1.23 bits per heavy atom. The molecule has 1 unspecified atom stereocenters. The molecule has 2 rings (SSSR count). The summed E-state index contributed by atoms with van der Waals surface area (Å²) >= 11 is 0. The molecule has 1 N–H and O–H groups in total. The van der Waals surface area contributed by atoms with Gasteiger partial charge < -0.3 is 5.11 Å². The van der Waals surface area contributed by atoms with Crippen LogP contribution in [0.4, 0.5) is 0 Å². The Labute approximate surface area is 78.6 Å². The number of rotatable bonds is 2. The zero-order chi connectivity index (χ0) is 9.26. The van der Waals surface area contributed by atoms with Crippen LogP contribution >= 0.6 is 0 Å². The molecule has 72 valence electrons. The summed E-state index contributed by atoms with van der Waals surface area (Å²) in [5.74, 6) is 1.32. The van der Waals surface area contributed by atoms with Crippen molar-refractivity contribution in [3.05, 3.63) is 12.2 Å². The summed E-state index contributed by atoms with van der Waals surface area (Å²) in [5.41, 5.74) is 0. The van der Waals surface area contributed by atoms with E-state index in [2.05, 4.69) is 12.2 Å². The van der Waals surface area contributed by atoms with E-state index in [0.29, 0.717) is 12.3 Å². The van der Waals surface area contributed by atoms with E-state index >= 15 is 0 Å².